The van der Waals surface area contributed by atoms with E-state index in [1.165, 1.54) is 6.42 Å². The van der Waals surface area contributed by atoms with Crippen LogP contribution in [0.1, 0.15) is 67.2 Å². The van der Waals surface area contributed by atoms with Gasteiger partial charge in [0.2, 0.25) is 0 Å². The lowest BCUT2D eigenvalue weighted by Crippen LogP contribution is -2.29. The smallest absolute Gasteiger partial charge is 0.0591 e. The minimum absolute atomic E-state index is 0.0732. The average molecular weight is 200 g/mol. The van der Waals surface area contributed by atoms with Crippen LogP contribution < -0.4 is 0 Å². The molecule has 1 N–H and O–H groups in total. The summed E-state index contributed by atoms with van der Waals surface area (Å²) in [5.41, 5.74) is 0.453. The van der Waals surface area contributed by atoms with E-state index in [0.717, 1.165) is 19.3 Å². The third kappa shape index (κ3) is 4.45. The van der Waals surface area contributed by atoms with Gasteiger partial charge in [-0.05, 0) is 30.1 Å². The third-order valence-electron chi connectivity index (χ3n) is 3.86. The molecule has 14 heavy (non-hydrogen) atoms. The standard InChI is InChI=1S/C13H28O/c1-7-12(3,4)10-9-11(14)13(5,6)8-2/h11,14H,7-10H2,1-6H3. The normalized spacial score (nSPS) is 15.6. The number of rotatable bonds is 6. The molecule has 0 aromatic carbocycles. The predicted molar refractivity (Wildman–Crippen MR) is 63.4 cm³/mol. The Kier molecular flexibility index (Phi) is 5.14. The molecular weight excluding hydrogens is 172 g/mol. The molecule has 0 saturated heterocycles. The maximum atomic E-state index is 10.0. The quantitative estimate of drug-likeness (QED) is 0.687. The summed E-state index contributed by atoms with van der Waals surface area (Å²) in [7, 11) is 0. The summed E-state index contributed by atoms with van der Waals surface area (Å²) in [5.74, 6) is 0. The minimum Gasteiger partial charge on any atom is -0.393 e. The lowest BCUT2D eigenvalue weighted by Gasteiger charge is -2.32. The van der Waals surface area contributed by atoms with Crippen molar-refractivity contribution in [2.75, 3.05) is 0 Å². The zero-order chi connectivity index (χ0) is 11.4. The van der Waals surface area contributed by atoms with Gasteiger partial charge in [-0.2, -0.15) is 0 Å². The molecule has 1 heteroatoms. The van der Waals surface area contributed by atoms with Gasteiger partial charge in [0.1, 0.15) is 0 Å². The van der Waals surface area contributed by atoms with Crippen LogP contribution in [0.3, 0.4) is 0 Å². The van der Waals surface area contributed by atoms with Gasteiger partial charge in [0.05, 0.1) is 6.10 Å². The second-order valence-corrected chi connectivity index (χ2v) is 5.91. The molecule has 0 aliphatic carbocycles. The van der Waals surface area contributed by atoms with Crippen molar-refractivity contribution < 1.29 is 5.11 Å². The molecule has 0 amide bonds. The molecule has 0 aromatic rings. The van der Waals surface area contributed by atoms with Gasteiger partial charge < -0.3 is 5.11 Å². The number of hydrogen-bond donors (Lipinski definition) is 1. The molecule has 0 aromatic heterocycles. The van der Waals surface area contributed by atoms with E-state index in [4.69, 9.17) is 0 Å². The lowest BCUT2D eigenvalue weighted by atomic mass is 9.77. The fourth-order valence-corrected chi connectivity index (χ4v) is 1.33. The van der Waals surface area contributed by atoms with E-state index in [-0.39, 0.29) is 11.5 Å². The Labute approximate surface area is 89.9 Å². The fourth-order valence-electron chi connectivity index (χ4n) is 1.33. The highest BCUT2D eigenvalue weighted by Crippen LogP contribution is 2.32. The van der Waals surface area contributed by atoms with Crippen molar-refractivity contribution in [1.29, 1.82) is 0 Å². The molecule has 0 fully saturated rings. The second kappa shape index (κ2) is 5.16. The Morgan fingerprint density at radius 3 is 1.86 bits per heavy atom. The molecule has 0 rings (SSSR count). The van der Waals surface area contributed by atoms with E-state index in [1.807, 2.05) is 0 Å². The van der Waals surface area contributed by atoms with Gasteiger partial charge in [-0.1, -0.05) is 48.0 Å². The summed E-state index contributed by atoms with van der Waals surface area (Å²) in [6, 6.07) is 0. The van der Waals surface area contributed by atoms with E-state index in [0.29, 0.717) is 5.41 Å². The summed E-state index contributed by atoms with van der Waals surface area (Å²) in [6.07, 6.45) is 4.13. The zero-order valence-corrected chi connectivity index (χ0v) is 10.9. The van der Waals surface area contributed by atoms with Crippen LogP contribution in [0.2, 0.25) is 0 Å². The van der Waals surface area contributed by atoms with Crippen LogP contribution in [0.15, 0.2) is 0 Å². The highest BCUT2D eigenvalue weighted by Gasteiger charge is 2.27. The summed E-state index contributed by atoms with van der Waals surface area (Å²) in [4.78, 5) is 0. The van der Waals surface area contributed by atoms with Crippen molar-refractivity contribution in [3.63, 3.8) is 0 Å². The summed E-state index contributed by atoms with van der Waals surface area (Å²) in [5, 5.41) is 10.0. The summed E-state index contributed by atoms with van der Waals surface area (Å²) >= 11 is 0. The summed E-state index contributed by atoms with van der Waals surface area (Å²) in [6.45, 7) is 13.2. The SMILES string of the molecule is CCC(C)(C)CCC(O)C(C)(C)CC. The molecule has 0 spiro atoms. The number of aliphatic hydroxyl groups excluding tert-OH is 1. The number of aliphatic hydroxyl groups is 1. The van der Waals surface area contributed by atoms with Gasteiger partial charge in [0.25, 0.3) is 0 Å². The largest absolute Gasteiger partial charge is 0.393 e. The van der Waals surface area contributed by atoms with Crippen molar-refractivity contribution >= 4 is 0 Å². The molecular formula is C13H28O. The molecule has 0 saturated carbocycles. The van der Waals surface area contributed by atoms with E-state index in [9.17, 15) is 5.11 Å². The first kappa shape index (κ1) is 14.0. The molecule has 86 valence electrons. The highest BCUT2D eigenvalue weighted by atomic mass is 16.3. The van der Waals surface area contributed by atoms with E-state index >= 15 is 0 Å². The topological polar surface area (TPSA) is 20.2 Å². The Morgan fingerprint density at radius 1 is 1.00 bits per heavy atom. The Morgan fingerprint density at radius 2 is 1.50 bits per heavy atom. The van der Waals surface area contributed by atoms with E-state index < -0.39 is 0 Å². The average Bonchev–Trinajstić information content (AvgIpc) is 2.14. The summed E-state index contributed by atoms with van der Waals surface area (Å²) < 4.78 is 0. The molecule has 0 radical (unpaired) electrons. The maximum absolute atomic E-state index is 10.0. The molecule has 0 aliphatic rings. The number of hydrogen-bond acceptors (Lipinski definition) is 1. The Balaban J connectivity index is 4.02. The second-order valence-electron chi connectivity index (χ2n) is 5.91. The van der Waals surface area contributed by atoms with Gasteiger partial charge in [0.15, 0.2) is 0 Å². The first-order valence-electron chi connectivity index (χ1n) is 5.93. The highest BCUT2D eigenvalue weighted by molar-refractivity contribution is 4.78. The van der Waals surface area contributed by atoms with Crippen LogP contribution in [0.4, 0.5) is 0 Å². The van der Waals surface area contributed by atoms with E-state index in [1.54, 1.807) is 0 Å². The van der Waals surface area contributed by atoms with Crippen molar-refractivity contribution in [2.24, 2.45) is 10.8 Å². The molecule has 1 nitrogen and oxygen atoms in total. The Bertz CT molecular complexity index is 159. The van der Waals surface area contributed by atoms with Crippen molar-refractivity contribution in [3.8, 4) is 0 Å². The zero-order valence-electron chi connectivity index (χ0n) is 10.9. The van der Waals surface area contributed by atoms with Gasteiger partial charge >= 0.3 is 0 Å². The van der Waals surface area contributed by atoms with Crippen molar-refractivity contribution in [3.05, 3.63) is 0 Å². The van der Waals surface area contributed by atoms with Crippen LogP contribution in [-0.2, 0) is 0 Å². The van der Waals surface area contributed by atoms with Crippen molar-refractivity contribution in [2.45, 2.75) is 73.3 Å². The monoisotopic (exact) mass is 200 g/mol. The van der Waals surface area contributed by atoms with Gasteiger partial charge in [-0.25, -0.2) is 0 Å². The van der Waals surface area contributed by atoms with Crippen LogP contribution in [0.5, 0.6) is 0 Å². The van der Waals surface area contributed by atoms with Crippen molar-refractivity contribution in [1.82, 2.24) is 0 Å². The van der Waals surface area contributed by atoms with E-state index in [2.05, 4.69) is 41.5 Å². The van der Waals surface area contributed by atoms with Crippen LogP contribution in [0.25, 0.3) is 0 Å². The van der Waals surface area contributed by atoms with Gasteiger partial charge in [0, 0.05) is 0 Å². The Hall–Kier alpha value is -0.0400. The first-order chi connectivity index (χ1) is 6.25. The fraction of sp³-hybridized carbons (Fsp3) is 1.00. The lowest BCUT2D eigenvalue weighted by molar-refractivity contribution is 0.0302. The van der Waals surface area contributed by atoms with Crippen LogP contribution >= 0.6 is 0 Å². The van der Waals surface area contributed by atoms with Gasteiger partial charge in [-0.15, -0.1) is 0 Å². The molecule has 0 heterocycles. The predicted octanol–water partition coefficient (Wildman–Crippen LogP) is 4.00. The van der Waals surface area contributed by atoms with Crippen LogP contribution in [0, 0.1) is 10.8 Å². The minimum atomic E-state index is -0.154. The first-order valence-corrected chi connectivity index (χ1v) is 5.93. The van der Waals surface area contributed by atoms with Gasteiger partial charge in [-0.3, -0.25) is 0 Å². The molecule has 1 atom stereocenters. The van der Waals surface area contributed by atoms with Crippen LogP contribution in [-0.4, -0.2) is 11.2 Å². The molecule has 0 bridgehead atoms. The molecule has 1 unspecified atom stereocenters. The molecule has 0 aliphatic heterocycles. The maximum Gasteiger partial charge on any atom is 0.0591 e. The third-order valence-corrected chi connectivity index (χ3v) is 3.86.